The van der Waals surface area contributed by atoms with Crippen molar-refractivity contribution in [2.75, 3.05) is 52.7 Å². The van der Waals surface area contributed by atoms with Crippen molar-refractivity contribution < 1.29 is 38.0 Å². The van der Waals surface area contributed by atoms with E-state index in [1.807, 2.05) is 41.5 Å². The van der Waals surface area contributed by atoms with Crippen LogP contribution in [0.2, 0.25) is 0 Å². The largest absolute Gasteiger partial charge is 0.490 e. The quantitative estimate of drug-likeness (QED) is 0.153. The summed E-state index contributed by atoms with van der Waals surface area (Å²) in [5.74, 6) is 2.68. The minimum Gasteiger partial charge on any atom is -0.490 e. The van der Waals surface area contributed by atoms with E-state index in [1.54, 1.807) is 24.3 Å². The highest BCUT2D eigenvalue weighted by molar-refractivity contribution is 5.96. The minimum atomic E-state index is -0.179. The Bertz CT molecular complexity index is 996. The Morgan fingerprint density at radius 3 is 1.02 bits per heavy atom. The summed E-state index contributed by atoms with van der Waals surface area (Å²) in [6, 6.07) is 6.79. The van der Waals surface area contributed by atoms with Gasteiger partial charge >= 0.3 is 0 Å². The number of hydrogen-bond donors (Lipinski definition) is 2. The van der Waals surface area contributed by atoms with Gasteiger partial charge in [0.1, 0.15) is 0 Å². The molecular formula is C33H50N2O8. The van der Waals surface area contributed by atoms with Crippen LogP contribution >= 0.6 is 0 Å². The molecule has 0 aromatic heterocycles. The lowest BCUT2D eigenvalue weighted by atomic mass is 10.1. The van der Waals surface area contributed by atoms with Crippen LogP contribution in [0.5, 0.6) is 34.5 Å². The SMILES string of the molecule is CCOc1cc(C(=O)NCCCCCCCNC(=O)c2cc(OCC)c(OCC)c(OCC)c2)cc(OCC)c1OCC. The van der Waals surface area contributed by atoms with Crippen molar-refractivity contribution in [3.63, 3.8) is 0 Å². The molecule has 0 radical (unpaired) electrons. The van der Waals surface area contributed by atoms with Crippen LogP contribution in [0.1, 0.15) is 94.4 Å². The summed E-state index contributed by atoms with van der Waals surface area (Å²) in [5, 5.41) is 5.97. The van der Waals surface area contributed by atoms with E-state index in [-0.39, 0.29) is 11.8 Å². The van der Waals surface area contributed by atoms with Crippen LogP contribution in [-0.4, -0.2) is 64.5 Å². The van der Waals surface area contributed by atoms with Gasteiger partial charge in [0.15, 0.2) is 23.0 Å². The summed E-state index contributed by atoms with van der Waals surface area (Å²) in [4.78, 5) is 25.6. The van der Waals surface area contributed by atoms with Crippen LogP contribution in [0.3, 0.4) is 0 Å². The second-order valence-electron chi connectivity index (χ2n) is 9.48. The molecule has 0 fully saturated rings. The zero-order valence-corrected chi connectivity index (χ0v) is 26.8. The topological polar surface area (TPSA) is 114 Å². The minimum absolute atomic E-state index is 0.179. The molecule has 10 nitrogen and oxygen atoms in total. The normalized spacial score (nSPS) is 10.6. The molecule has 0 saturated heterocycles. The van der Waals surface area contributed by atoms with Gasteiger partial charge in [0.05, 0.1) is 39.6 Å². The molecule has 0 aliphatic rings. The third-order valence-electron chi connectivity index (χ3n) is 6.27. The van der Waals surface area contributed by atoms with E-state index in [2.05, 4.69) is 10.6 Å². The second kappa shape index (κ2) is 20.1. The Balaban J connectivity index is 1.77. The van der Waals surface area contributed by atoms with E-state index in [0.29, 0.717) is 98.4 Å². The van der Waals surface area contributed by atoms with Crippen molar-refractivity contribution in [2.45, 2.75) is 73.6 Å². The molecule has 2 aromatic rings. The van der Waals surface area contributed by atoms with E-state index >= 15 is 0 Å². The smallest absolute Gasteiger partial charge is 0.251 e. The second-order valence-corrected chi connectivity index (χ2v) is 9.48. The first-order valence-corrected chi connectivity index (χ1v) is 15.6. The first kappa shape index (κ1) is 35.4. The summed E-state index contributed by atoms with van der Waals surface area (Å²) in [6.07, 6.45) is 4.67. The van der Waals surface area contributed by atoms with Crippen molar-refractivity contribution in [3.8, 4) is 34.5 Å². The highest BCUT2D eigenvalue weighted by Gasteiger charge is 2.19. The predicted octanol–water partition coefficient (Wildman–Crippen LogP) is 6.19. The maximum absolute atomic E-state index is 12.8. The van der Waals surface area contributed by atoms with Gasteiger partial charge in [-0.25, -0.2) is 0 Å². The molecule has 0 atom stereocenters. The summed E-state index contributed by atoms with van der Waals surface area (Å²) < 4.78 is 34.3. The monoisotopic (exact) mass is 602 g/mol. The van der Waals surface area contributed by atoms with Gasteiger partial charge in [-0.05, 0) is 78.6 Å². The summed E-state index contributed by atoms with van der Waals surface area (Å²) in [6.45, 7) is 15.2. The third kappa shape index (κ3) is 11.4. The molecule has 240 valence electrons. The predicted molar refractivity (Wildman–Crippen MR) is 168 cm³/mol. The van der Waals surface area contributed by atoms with E-state index in [0.717, 1.165) is 32.1 Å². The van der Waals surface area contributed by atoms with Gasteiger partial charge in [0, 0.05) is 24.2 Å². The lowest BCUT2D eigenvalue weighted by Crippen LogP contribution is -2.25. The van der Waals surface area contributed by atoms with E-state index in [1.165, 1.54) is 0 Å². The fraction of sp³-hybridized carbons (Fsp3) is 0.576. The molecule has 2 amide bonds. The van der Waals surface area contributed by atoms with Crippen molar-refractivity contribution in [1.29, 1.82) is 0 Å². The average molecular weight is 603 g/mol. The Labute approximate surface area is 256 Å². The van der Waals surface area contributed by atoms with Crippen molar-refractivity contribution in [1.82, 2.24) is 10.6 Å². The standard InChI is InChI=1S/C33H50N2O8/c1-7-38-26-20-24(21-27(39-8-2)30(26)42-11-5)32(36)34-18-16-14-13-15-17-19-35-33(37)25-22-28(40-9-3)31(43-12-6)29(23-25)41-10-4/h20-23H,7-19H2,1-6H3,(H,34,36)(H,35,37). The molecule has 2 aromatic carbocycles. The maximum atomic E-state index is 12.8. The molecule has 0 aliphatic carbocycles. The number of rotatable bonds is 22. The van der Waals surface area contributed by atoms with Gasteiger partial charge < -0.3 is 39.1 Å². The molecule has 43 heavy (non-hydrogen) atoms. The summed E-state index contributed by atoms with van der Waals surface area (Å²) >= 11 is 0. The molecule has 0 unspecified atom stereocenters. The summed E-state index contributed by atoms with van der Waals surface area (Å²) in [5.41, 5.74) is 0.945. The number of carbonyl (C=O) groups is 2. The van der Waals surface area contributed by atoms with Crippen LogP contribution in [0, 0.1) is 0 Å². The average Bonchev–Trinajstić information content (AvgIpc) is 2.99. The maximum Gasteiger partial charge on any atom is 0.251 e. The highest BCUT2D eigenvalue weighted by Crippen LogP contribution is 2.40. The lowest BCUT2D eigenvalue weighted by Gasteiger charge is -2.17. The number of nitrogens with one attached hydrogen (secondary N) is 2. The Hall–Kier alpha value is -3.82. The summed E-state index contributed by atoms with van der Waals surface area (Å²) in [7, 11) is 0. The van der Waals surface area contributed by atoms with Crippen LogP contribution in [0.25, 0.3) is 0 Å². The van der Waals surface area contributed by atoms with Crippen molar-refractivity contribution in [3.05, 3.63) is 35.4 Å². The van der Waals surface area contributed by atoms with Gasteiger partial charge in [-0.1, -0.05) is 19.3 Å². The van der Waals surface area contributed by atoms with E-state index < -0.39 is 0 Å². The number of hydrogen-bond acceptors (Lipinski definition) is 8. The molecule has 2 rings (SSSR count). The van der Waals surface area contributed by atoms with Gasteiger partial charge in [-0.15, -0.1) is 0 Å². The Kier molecular flexibility index (Phi) is 16.6. The van der Waals surface area contributed by atoms with Crippen molar-refractivity contribution >= 4 is 11.8 Å². The Morgan fingerprint density at radius 1 is 0.465 bits per heavy atom. The molecule has 0 bridgehead atoms. The molecule has 2 N–H and O–H groups in total. The molecular weight excluding hydrogens is 552 g/mol. The lowest BCUT2D eigenvalue weighted by molar-refractivity contribution is 0.0944. The third-order valence-corrected chi connectivity index (χ3v) is 6.27. The number of amides is 2. The van der Waals surface area contributed by atoms with Crippen LogP contribution < -0.4 is 39.1 Å². The van der Waals surface area contributed by atoms with Crippen molar-refractivity contribution in [2.24, 2.45) is 0 Å². The van der Waals surface area contributed by atoms with Crippen LogP contribution in [-0.2, 0) is 0 Å². The molecule has 0 heterocycles. The van der Waals surface area contributed by atoms with Crippen LogP contribution in [0.4, 0.5) is 0 Å². The number of benzene rings is 2. The fourth-order valence-corrected chi connectivity index (χ4v) is 4.43. The molecule has 10 heteroatoms. The van der Waals surface area contributed by atoms with Gasteiger partial charge in [-0.2, -0.15) is 0 Å². The molecule has 0 aliphatic heterocycles. The Morgan fingerprint density at radius 2 is 0.744 bits per heavy atom. The van der Waals surface area contributed by atoms with E-state index in [9.17, 15) is 9.59 Å². The first-order valence-electron chi connectivity index (χ1n) is 15.6. The van der Waals surface area contributed by atoms with Gasteiger partial charge in [0.25, 0.3) is 11.8 Å². The molecule has 0 spiro atoms. The zero-order chi connectivity index (χ0) is 31.5. The van der Waals surface area contributed by atoms with Gasteiger partial charge in [0.2, 0.25) is 11.5 Å². The zero-order valence-electron chi connectivity index (χ0n) is 26.8. The number of unbranched alkanes of at least 4 members (excludes halogenated alkanes) is 4. The molecule has 0 saturated carbocycles. The first-order chi connectivity index (χ1) is 20.9. The van der Waals surface area contributed by atoms with Gasteiger partial charge in [-0.3, -0.25) is 9.59 Å². The number of ether oxygens (including phenoxy) is 6. The van der Waals surface area contributed by atoms with Crippen LogP contribution in [0.15, 0.2) is 24.3 Å². The number of carbonyl (C=O) groups excluding carboxylic acids is 2. The highest BCUT2D eigenvalue weighted by atomic mass is 16.5. The van der Waals surface area contributed by atoms with E-state index in [4.69, 9.17) is 28.4 Å². The fourth-order valence-electron chi connectivity index (χ4n) is 4.43.